The number of nitrogens with two attached hydrogens (primary N) is 1. The molecule has 0 amide bonds. The first kappa shape index (κ1) is 14.2. The Morgan fingerprint density at radius 1 is 1.42 bits per heavy atom. The molecule has 3 N–H and O–H groups in total. The maximum atomic E-state index is 5.82. The second-order valence-electron chi connectivity index (χ2n) is 4.12. The molecule has 1 atom stereocenters. The highest BCUT2D eigenvalue weighted by molar-refractivity contribution is 9.10. The summed E-state index contributed by atoms with van der Waals surface area (Å²) in [5.41, 5.74) is 6.88. The van der Waals surface area contributed by atoms with Crippen LogP contribution in [0.4, 0.5) is 0 Å². The summed E-state index contributed by atoms with van der Waals surface area (Å²) in [5.74, 6) is 7.35. The minimum atomic E-state index is 0.0491. The van der Waals surface area contributed by atoms with E-state index >= 15 is 0 Å². The number of fused-ring (bicyclic) bond motifs is 1. The summed E-state index contributed by atoms with van der Waals surface area (Å²) in [4.78, 5) is 0. The van der Waals surface area contributed by atoms with Gasteiger partial charge in [-0.05, 0) is 40.5 Å². The highest BCUT2D eigenvalue weighted by Gasteiger charge is 2.19. The molecular weight excluding hydrogens is 308 g/mol. The largest absolute Gasteiger partial charge is 0.486 e. The van der Waals surface area contributed by atoms with Crippen molar-refractivity contribution in [3.63, 3.8) is 0 Å². The molecular formula is C14H17BrN2O2. The number of halogens is 1. The van der Waals surface area contributed by atoms with Crippen LogP contribution in [-0.4, -0.2) is 26.3 Å². The first-order valence-electron chi connectivity index (χ1n) is 6.18. The van der Waals surface area contributed by atoms with Crippen LogP contribution in [0.25, 0.3) is 0 Å². The zero-order valence-corrected chi connectivity index (χ0v) is 12.4. The molecule has 1 aromatic carbocycles. The van der Waals surface area contributed by atoms with Crippen molar-refractivity contribution in [1.29, 1.82) is 0 Å². The molecule has 4 nitrogen and oxygen atoms in total. The van der Waals surface area contributed by atoms with Crippen molar-refractivity contribution in [3.05, 3.63) is 22.2 Å². The van der Waals surface area contributed by atoms with Crippen molar-refractivity contribution in [2.24, 2.45) is 5.73 Å². The van der Waals surface area contributed by atoms with Gasteiger partial charge in [-0.2, -0.15) is 0 Å². The minimum absolute atomic E-state index is 0.0491. The van der Waals surface area contributed by atoms with E-state index in [-0.39, 0.29) is 6.04 Å². The van der Waals surface area contributed by atoms with Gasteiger partial charge in [0.2, 0.25) is 0 Å². The molecule has 1 aliphatic heterocycles. The summed E-state index contributed by atoms with van der Waals surface area (Å²) in [7, 11) is 0. The number of benzene rings is 1. The zero-order chi connectivity index (χ0) is 13.7. The molecule has 0 bridgehead atoms. The first-order valence-corrected chi connectivity index (χ1v) is 6.97. The lowest BCUT2D eigenvalue weighted by Crippen LogP contribution is -2.28. The molecule has 5 heteroatoms. The third-order valence-electron chi connectivity index (χ3n) is 2.87. The summed E-state index contributed by atoms with van der Waals surface area (Å²) < 4.78 is 12.1. The standard InChI is InChI=1S/C14H17BrN2O2/c1-2-3-4-17-12(9-16)10-7-11(15)14-13(8-10)18-5-6-19-14/h7-8,12,17H,4-6,9,16H2,1H3. The van der Waals surface area contributed by atoms with Gasteiger partial charge in [0.15, 0.2) is 11.5 Å². The fourth-order valence-electron chi connectivity index (χ4n) is 1.93. The van der Waals surface area contributed by atoms with Crippen molar-refractivity contribution in [3.8, 4) is 23.3 Å². The molecule has 0 saturated heterocycles. The molecule has 0 spiro atoms. The summed E-state index contributed by atoms with van der Waals surface area (Å²) >= 11 is 3.51. The van der Waals surface area contributed by atoms with Gasteiger partial charge in [0, 0.05) is 12.6 Å². The Kier molecular flexibility index (Phi) is 5.08. The predicted octanol–water partition coefficient (Wildman–Crippen LogP) is 1.83. The first-order chi connectivity index (χ1) is 9.26. The number of hydrogen-bond acceptors (Lipinski definition) is 4. The molecule has 0 aromatic heterocycles. The average molecular weight is 325 g/mol. The highest BCUT2D eigenvalue weighted by atomic mass is 79.9. The number of hydrogen-bond donors (Lipinski definition) is 2. The van der Waals surface area contributed by atoms with Crippen molar-refractivity contribution < 1.29 is 9.47 Å². The van der Waals surface area contributed by atoms with E-state index in [2.05, 4.69) is 33.1 Å². The topological polar surface area (TPSA) is 56.5 Å². The summed E-state index contributed by atoms with van der Waals surface area (Å²) in [5, 5.41) is 3.30. The second-order valence-corrected chi connectivity index (χ2v) is 4.98. The molecule has 1 heterocycles. The van der Waals surface area contributed by atoms with E-state index in [4.69, 9.17) is 15.2 Å². The Morgan fingerprint density at radius 2 is 2.21 bits per heavy atom. The molecule has 102 valence electrons. The van der Waals surface area contributed by atoms with Gasteiger partial charge in [0.25, 0.3) is 0 Å². The minimum Gasteiger partial charge on any atom is -0.486 e. The van der Waals surface area contributed by atoms with E-state index in [1.54, 1.807) is 0 Å². The molecule has 0 fully saturated rings. The quantitative estimate of drug-likeness (QED) is 0.830. The monoisotopic (exact) mass is 324 g/mol. The SMILES string of the molecule is CC#CCNC(CN)c1cc(Br)c2c(c1)OCCO2. The molecule has 0 saturated carbocycles. The van der Waals surface area contributed by atoms with Gasteiger partial charge in [-0.25, -0.2) is 0 Å². The van der Waals surface area contributed by atoms with Crippen molar-refractivity contribution in [2.75, 3.05) is 26.3 Å². The van der Waals surface area contributed by atoms with Crippen LogP contribution in [0.15, 0.2) is 16.6 Å². The van der Waals surface area contributed by atoms with Crippen LogP contribution in [-0.2, 0) is 0 Å². The van der Waals surface area contributed by atoms with Crippen LogP contribution in [0.1, 0.15) is 18.5 Å². The molecule has 0 radical (unpaired) electrons. The van der Waals surface area contributed by atoms with Gasteiger partial charge in [0.05, 0.1) is 11.0 Å². The van der Waals surface area contributed by atoms with Gasteiger partial charge in [-0.3, -0.25) is 5.32 Å². The molecule has 2 rings (SSSR count). The van der Waals surface area contributed by atoms with Crippen LogP contribution >= 0.6 is 15.9 Å². The van der Waals surface area contributed by atoms with Crippen LogP contribution in [0, 0.1) is 11.8 Å². The van der Waals surface area contributed by atoms with E-state index in [1.807, 2.05) is 19.1 Å². The van der Waals surface area contributed by atoms with Gasteiger partial charge in [-0.1, -0.05) is 5.92 Å². The fraction of sp³-hybridized carbons (Fsp3) is 0.429. The third-order valence-corrected chi connectivity index (χ3v) is 3.46. The van der Waals surface area contributed by atoms with Crippen molar-refractivity contribution in [1.82, 2.24) is 5.32 Å². The van der Waals surface area contributed by atoms with Gasteiger partial charge in [-0.15, -0.1) is 5.92 Å². The van der Waals surface area contributed by atoms with E-state index in [0.717, 1.165) is 21.5 Å². The smallest absolute Gasteiger partial charge is 0.175 e. The van der Waals surface area contributed by atoms with E-state index in [0.29, 0.717) is 26.3 Å². The lowest BCUT2D eigenvalue weighted by Gasteiger charge is -2.23. The maximum absolute atomic E-state index is 5.82. The van der Waals surface area contributed by atoms with E-state index in [1.165, 1.54) is 0 Å². The van der Waals surface area contributed by atoms with Gasteiger partial charge >= 0.3 is 0 Å². The number of ether oxygens (including phenoxy) is 2. The summed E-state index contributed by atoms with van der Waals surface area (Å²) in [6, 6.07) is 4.04. The maximum Gasteiger partial charge on any atom is 0.175 e. The van der Waals surface area contributed by atoms with Crippen molar-refractivity contribution in [2.45, 2.75) is 13.0 Å². The van der Waals surface area contributed by atoms with E-state index in [9.17, 15) is 0 Å². The lowest BCUT2D eigenvalue weighted by atomic mass is 10.1. The van der Waals surface area contributed by atoms with Crippen LogP contribution in [0.2, 0.25) is 0 Å². The van der Waals surface area contributed by atoms with Crippen LogP contribution in [0.3, 0.4) is 0 Å². The Labute approximate surface area is 121 Å². The second kappa shape index (κ2) is 6.80. The summed E-state index contributed by atoms with van der Waals surface area (Å²) in [6.07, 6.45) is 0. The van der Waals surface area contributed by atoms with Gasteiger partial charge < -0.3 is 15.2 Å². The average Bonchev–Trinajstić information content (AvgIpc) is 2.44. The number of nitrogens with one attached hydrogen (secondary N) is 1. The lowest BCUT2D eigenvalue weighted by molar-refractivity contribution is 0.170. The molecule has 19 heavy (non-hydrogen) atoms. The van der Waals surface area contributed by atoms with E-state index < -0.39 is 0 Å². The van der Waals surface area contributed by atoms with Crippen LogP contribution < -0.4 is 20.5 Å². The Bertz CT molecular complexity index is 508. The predicted molar refractivity (Wildman–Crippen MR) is 78.4 cm³/mol. The van der Waals surface area contributed by atoms with Gasteiger partial charge in [0.1, 0.15) is 13.2 Å². The summed E-state index contributed by atoms with van der Waals surface area (Å²) in [6.45, 7) is 4.09. The molecule has 1 aromatic rings. The Morgan fingerprint density at radius 3 is 2.95 bits per heavy atom. The molecule has 0 aliphatic carbocycles. The molecule has 1 aliphatic rings. The fourth-order valence-corrected chi connectivity index (χ4v) is 2.51. The Balaban J connectivity index is 2.22. The van der Waals surface area contributed by atoms with Crippen molar-refractivity contribution >= 4 is 15.9 Å². The number of rotatable bonds is 4. The Hall–Kier alpha value is -1.22. The third kappa shape index (κ3) is 3.41. The molecule has 1 unspecified atom stereocenters. The normalized spacial score (nSPS) is 14.5. The zero-order valence-electron chi connectivity index (χ0n) is 10.8. The van der Waals surface area contributed by atoms with Crippen LogP contribution in [0.5, 0.6) is 11.5 Å². The highest BCUT2D eigenvalue weighted by Crippen LogP contribution is 2.39.